The number of likely N-dealkylation sites (tertiary alicyclic amines) is 1. The van der Waals surface area contributed by atoms with E-state index in [2.05, 4.69) is 0 Å². The van der Waals surface area contributed by atoms with Gasteiger partial charge in [0.25, 0.3) is 5.91 Å². The normalized spacial score (nSPS) is 20.8. The molecule has 0 saturated carbocycles. The summed E-state index contributed by atoms with van der Waals surface area (Å²) in [5, 5.41) is 0. The van der Waals surface area contributed by atoms with Crippen molar-refractivity contribution in [3.8, 4) is 0 Å². The first-order valence-electron chi connectivity index (χ1n) is 7.53. The highest BCUT2D eigenvalue weighted by Crippen LogP contribution is 2.42. The molecule has 6 heteroatoms. The van der Waals surface area contributed by atoms with Crippen LogP contribution in [0.25, 0.3) is 0 Å². The molecule has 1 aliphatic rings. The minimum Gasteiger partial charge on any atom is -0.361 e. The van der Waals surface area contributed by atoms with Gasteiger partial charge in [-0.05, 0) is 11.1 Å². The van der Waals surface area contributed by atoms with Crippen LogP contribution >= 0.6 is 34.8 Å². The van der Waals surface area contributed by atoms with E-state index in [4.69, 9.17) is 39.5 Å². The van der Waals surface area contributed by atoms with Crippen LogP contribution in [0.5, 0.6) is 0 Å². The third-order valence-corrected chi connectivity index (χ3v) is 4.62. The summed E-state index contributed by atoms with van der Waals surface area (Å²) in [5.41, 5.74) is 1.95. The summed E-state index contributed by atoms with van der Waals surface area (Å²) in [6.07, 6.45) is -0.749. The molecule has 1 saturated heterocycles. The first-order chi connectivity index (χ1) is 11.5. The maximum Gasteiger partial charge on any atom is 0.254 e. The number of carbonyl (C=O) groups is 1. The third-order valence-electron chi connectivity index (χ3n) is 3.95. The second-order valence-electron chi connectivity index (χ2n) is 5.66. The Morgan fingerprint density at radius 2 is 1.46 bits per heavy atom. The van der Waals surface area contributed by atoms with Crippen LogP contribution in [-0.2, 0) is 22.7 Å². The van der Waals surface area contributed by atoms with E-state index in [1.807, 2.05) is 60.7 Å². The van der Waals surface area contributed by atoms with Crippen molar-refractivity contribution in [2.75, 3.05) is 0 Å². The smallest absolute Gasteiger partial charge is 0.254 e. The van der Waals surface area contributed by atoms with Crippen LogP contribution in [0.1, 0.15) is 11.1 Å². The van der Waals surface area contributed by atoms with Gasteiger partial charge in [0.05, 0.1) is 6.61 Å². The Balaban J connectivity index is 1.70. The number of benzene rings is 2. The summed E-state index contributed by atoms with van der Waals surface area (Å²) in [5.74, 6) is -0.161. The van der Waals surface area contributed by atoms with Crippen molar-refractivity contribution in [3.63, 3.8) is 0 Å². The molecule has 3 nitrogen and oxygen atoms in total. The molecule has 1 aliphatic heterocycles. The van der Waals surface area contributed by atoms with Crippen LogP contribution in [0.4, 0.5) is 0 Å². The van der Waals surface area contributed by atoms with E-state index >= 15 is 0 Å². The molecule has 1 heterocycles. The number of nitrogens with zero attached hydrogens (tertiary/aromatic N) is 1. The Bertz CT molecular complexity index is 688. The van der Waals surface area contributed by atoms with Gasteiger partial charge in [-0.2, -0.15) is 0 Å². The van der Waals surface area contributed by atoms with Crippen LogP contribution in [0.2, 0.25) is 0 Å². The van der Waals surface area contributed by atoms with Gasteiger partial charge < -0.3 is 9.64 Å². The van der Waals surface area contributed by atoms with Crippen LogP contribution in [0.15, 0.2) is 60.7 Å². The van der Waals surface area contributed by atoms with E-state index in [-0.39, 0.29) is 5.91 Å². The average Bonchev–Trinajstić information content (AvgIpc) is 2.57. The molecule has 0 spiro atoms. The van der Waals surface area contributed by atoms with Gasteiger partial charge in [0.15, 0.2) is 6.10 Å². The Hall–Kier alpha value is -1.26. The molecule has 0 aromatic heterocycles. The number of alkyl halides is 3. The monoisotopic (exact) mass is 383 g/mol. The van der Waals surface area contributed by atoms with Crippen molar-refractivity contribution >= 4 is 40.7 Å². The lowest BCUT2D eigenvalue weighted by molar-refractivity contribution is -0.176. The fourth-order valence-electron chi connectivity index (χ4n) is 2.74. The van der Waals surface area contributed by atoms with E-state index in [9.17, 15) is 4.79 Å². The quantitative estimate of drug-likeness (QED) is 0.566. The van der Waals surface area contributed by atoms with Gasteiger partial charge in [-0.15, -0.1) is 0 Å². The summed E-state index contributed by atoms with van der Waals surface area (Å²) in [6.45, 7) is 0.692. The Kier molecular flexibility index (Phi) is 5.36. The van der Waals surface area contributed by atoms with Crippen molar-refractivity contribution in [3.05, 3.63) is 71.8 Å². The molecule has 24 heavy (non-hydrogen) atoms. The molecule has 2 atom stereocenters. The molecule has 3 rings (SSSR count). The molecule has 2 aromatic carbocycles. The SMILES string of the molecule is O=C1[C@@H](OCc2ccccc2)[C@@H](C(Cl)(Cl)Cl)N1Cc1ccccc1. The van der Waals surface area contributed by atoms with Crippen molar-refractivity contribution < 1.29 is 9.53 Å². The number of hydrogen-bond donors (Lipinski definition) is 0. The maximum absolute atomic E-state index is 12.5. The summed E-state index contributed by atoms with van der Waals surface area (Å²) >= 11 is 18.3. The summed E-state index contributed by atoms with van der Waals surface area (Å²) in [7, 11) is 0. The van der Waals surface area contributed by atoms with Crippen molar-refractivity contribution in [2.24, 2.45) is 0 Å². The number of β-lactam (4-membered cyclic amide) rings is 1. The van der Waals surface area contributed by atoms with E-state index in [1.165, 1.54) is 0 Å². The minimum atomic E-state index is -1.61. The lowest BCUT2D eigenvalue weighted by Crippen LogP contribution is -2.69. The maximum atomic E-state index is 12.5. The zero-order chi connectivity index (χ0) is 17.2. The minimum absolute atomic E-state index is 0.161. The molecule has 0 radical (unpaired) electrons. The lowest BCUT2D eigenvalue weighted by atomic mass is 9.97. The highest BCUT2D eigenvalue weighted by Gasteiger charge is 2.57. The van der Waals surface area contributed by atoms with E-state index < -0.39 is 15.9 Å². The highest BCUT2D eigenvalue weighted by atomic mass is 35.6. The molecule has 1 fully saturated rings. The van der Waals surface area contributed by atoms with Crippen molar-refractivity contribution in [1.82, 2.24) is 4.90 Å². The Morgan fingerprint density at radius 3 is 2.00 bits per heavy atom. The van der Waals surface area contributed by atoms with E-state index in [0.29, 0.717) is 13.2 Å². The number of amides is 1. The molecule has 0 aliphatic carbocycles. The fraction of sp³-hybridized carbons (Fsp3) is 0.278. The number of halogens is 3. The average molecular weight is 385 g/mol. The molecule has 0 unspecified atom stereocenters. The Labute approximate surface area is 156 Å². The number of rotatable bonds is 5. The summed E-state index contributed by atoms with van der Waals surface area (Å²) < 4.78 is 4.13. The van der Waals surface area contributed by atoms with Crippen LogP contribution in [0, 0.1) is 0 Å². The van der Waals surface area contributed by atoms with E-state index in [0.717, 1.165) is 11.1 Å². The predicted molar refractivity (Wildman–Crippen MR) is 96.1 cm³/mol. The van der Waals surface area contributed by atoms with Crippen LogP contribution < -0.4 is 0 Å². The number of ether oxygens (including phenoxy) is 1. The number of carbonyl (C=O) groups excluding carboxylic acids is 1. The van der Waals surface area contributed by atoms with Crippen molar-refractivity contribution in [1.29, 1.82) is 0 Å². The molecule has 0 bridgehead atoms. The van der Waals surface area contributed by atoms with Gasteiger partial charge in [0.2, 0.25) is 3.79 Å². The highest BCUT2D eigenvalue weighted by molar-refractivity contribution is 6.68. The zero-order valence-electron chi connectivity index (χ0n) is 12.7. The molecule has 126 valence electrons. The Morgan fingerprint density at radius 1 is 0.917 bits per heavy atom. The topological polar surface area (TPSA) is 29.5 Å². The molecular weight excluding hydrogens is 369 g/mol. The van der Waals surface area contributed by atoms with Crippen LogP contribution in [0.3, 0.4) is 0 Å². The second kappa shape index (κ2) is 7.32. The first-order valence-corrected chi connectivity index (χ1v) is 8.67. The van der Waals surface area contributed by atoms with Gasteiger partial charge in [-0.1, -0.05) is 95.5 Å². The molecule has 0 N–H and O–H groups in total. The summed E-state index contributed by atoms with van der Waals surface area (Å²) in [6, 6.07) is 18.6. The van der Waals surface area contributed by atoms with Gasteiger partial charge in [0.1, 0.15) is 6.04 Å². The number of hydrogen-bond acceptors (Lipinski definition) is 2. The van der Waals surface area contributed by atoms with Crippen molar-refractivity contribution in [2.45, 2.75) is 29.1 Å². The molecule has 1 amide bonds. The predicted octanol–water partition coefficient (Wildman–Crippen LogP) is 4.35. The third kappa shape index (κ3) is 3.86. The summed E-state index contributed by atoms with van der Waals surface area (Å²) in [4.78, 5) is 14.0. The standard InChI is InChI=1S/C18H16Cl3NO2/c19-18(20,21)16-15(24-12-14-9-5-2-6-10-14)17(23)22(16)11-13-7-3-1-4-8-13/h1-10,15-16H,11-12H2/t15-,16-/m0/s1. The van der Waals surface area contributed by atoms with Gasteiger partial charge >= 0.3 is 0 Å². The zero-order valence-corrected chi connectivity index (χ0v) is 15.0. The molecule has 2 aromatic rings. The van der Waals surface area contributed by atoms with Crippen LogP contribution in [-0.4, -0.2) is 26.7 Å². The van der Waals surface area contributed by atoms with E-state index in [1.54, 1.807) is 4.90 Å². The first kappa shape index (κ1) is 17.6. The fourth-order valence-corrected chi connectivity index (χ4v) is 3.44. The largest absolute Gasteiger partial charge is 0.361 e. The molecular formula is C18H16Cl3NO2. The lowest BCUT2D eigenvalue weighted by Gasteiger charge is -2.49. The second-order valence-corrected chi connectivity index (χ2v) is 8.02. The van der Waals surface area contributed by atoms with Gasteiger partial charge in [-0.25, -0.2) is 0 Å². The van der Waals surface area contributed by atoms with Gasteiger partial charge in [-0.3, -0.25) is 4.79 Å². The van der Waals surface area contributed by atoms with Gasteiger partial charge in [0, 0.05) is 6.54 Å².